The third-order valence-electron chi connectivity index (χ3n) is 5.30. The van der Waals surface area contributed by atoms with Crippen LogP contribution in [0.1, 0.15) is 12.8 Å². The van der Waals surface area contributed by atoms with Crippen molar-refractivity contribution in [3.05, 3.63) is 12.1 Å². The van der Waals surface area contributed by atoms with Crippen molar-refractivity contribution >= 4 is 41.0 Å². The van der Waals surface area contributed by atoms with Crippen molar-refractivity contribution in [3.8, 4) is 11.5 Å². The first kappa shape index (κ1) is 21.2. The topological polar surface area (TPSA) is 103 Å². The van der Waals surface area contributed by atoms with Crippen LogP contribution in [0.4, 0.5) is 11.8 Å². The van der Waals surface area contributed by atoms with Crippen LogP contribution in [0, 0.1) is 0 Å². The summed E-state index contributed by atoms with van der Waals surface area (Å²) in [6, 6.07) is 3.58. The number of nitrogen functional groups attached to an aromatic ring is 1. The fourth-order valence-electron chi connectivity index (χ4n) is 3.71. The van der Waals surface area contributed by atoms with Gasteiger partial charge in [0, 0.05) is 44.2 Å². The van der Waals surface area contributed by atoms with Crippen molar-refractivity contribution in [1.29, 1.82) is 0 Å². The standard InChI is InChI=1S/C19H25N5O4.ClH/c1-26-15-10-12-13(11-16(15)27-2)21-19(22-17(12)20)24-7-5-23(6-8-24)18(25)14-4-3-9-28-14;/h10-11,14H,3-9H2,1-2H3,(H2,20,21,22);1H/t14-;/m1./s1. The third-order valence-corrected chi connectivity index (χ3v) is 5.30. The second kappa shape index (κ2) is 8.87. The lowest BCUT2D eigenvalue weighted by molar-refractivity contribution is -0.141. The molecule has 2 aliphatic rings. The lowest BCUT2D eigenvalue weighted by atomic mass is 10.2. The van der Waals surface area contributed by atoms with Gasteiger partial charge in [-0.25, -0.2) is 4.98 Å². The van der Waals surface area contributed by atoms with E-state index in [2.05, 4.69) is 9.97 Å². The molecule has 0 radical (unpaired) electrons. The number of halogens is 1. The Balaban J connectivity index is 0.00000240. The number of carbonyl (C=O) groups is 1. The number of amides is 1. The molecule has 2 aromatic rings. The van der Waals surface area contributed by atoms with Gasteiger partial charge >= 0.3 is 0 Å². The Hall–Kier alpha value is -2.52. The smallest absolute Gasteiger partial charge is 0.251 e. The zero-order chi connectivity index (χ0) is 19.7. The number of benzene rings is 1. The minimum absolute atomic E-state index is 0. The van der Waals surface area contributed by atoms with Crippen molar-refractivity contribution in [1.82, 2.24) is 14.9 Å². The first-order valence-corrected chi connectivity index (χ1v) is 9.45. The van der Waals surface area contributed by atoms with Gasteiger partial charge in [0.25, 0.3) is 5.91 Å². The van der Waals surface area contributed by atoms with Crippen LogP contribution in [-0.4, -0.2) is 73.9 Å². The van der Waals surface area contributed by atoms with Crippen molar-refractivity contribution in [2.75, 3.05) is 57.6 Å². The number of fused-ring (bicyclic) bond motifs is 1. The molecule has 2 N–H and O–H groups in total. The van der Waals surface area contributed by atoms with Gasteiger partial charge in [-0.05, 0) is 18.9 Å². The highest BCUT2D eigenvalue weighted by molar-refractivity contribution is 5.91. The molecule has 0 unspecified atom stereocenters. The predicted molar refractivity (Wildman–Crippen MR) is 112 cm³/mol. The summed E-state index contributed by atoms with van der Waals surface area (Å²) >= 11 is 0. The van der Waals surface area contributed by atoms with Gasteiger partial charge < -0.3 is 29.7 Å². The number of piperazine rings is 1. The number of aromatic nitrogens is 2. The van der Waals surface area contributed by atoms with E-state index >= 15 is 0 Å². The van der Waals surface area contributed by atoms with Gasteiger partial charge in [-0.15, -0.1) is 12.4 Å². The maximum Gasteiger partial charge on any atom is 0.251 e. The number of hydrogen-bond acceptors (Lipinski definition) is 8. The Morgan fingerprint density at radius 3 is 2.45 bits per heavy atom. The highest BCUT2D eigenvalue weighted by Crippen LogP contribution is 2.34. The van der Waals surface area contributed by atoms with Crippen molar-refractivity contribution in [3.63, 3.8) is 0 Å². The number of nitrogens with two attached hydrogens (primary N) is 1. The lowest BCUT2D eigenvalue weighted by Gasteiger charge is -2.35. The molecule has 0 saturated carbocycles. The molecule has 2 aliphatic heterocycles. The summed E-state index contributed by atoms with van der Waals surface area (Å²) in [5.74, 6) is 2.21. The van der Waals surface area contributed by atoms with Crippen molar-refractivity contribution in [2.24, 2.45) is 0 Å². The van der Waals surface area contributed by atoms with Crippen LogP contribution >= 0.6 is 12.4 Å². The molecule has 10 heteroatoms. The van der Waals surface area contributed by atoms with Crippen LogP contribution in [0.15, 0.2) is 12.1 Å². The van der Waals surface area contributed by atoms with E-state index in [9.17, 15) is 4.79 Å². The second-order valence-electron chi connectivity index (χ2n) is 6.95. The fourth-order valence-corrected chi connectivity index (χ4v) is 3.71. The van der Waals surface area contributed by atoms with E-state index in [4.69, 9.17) is 19.9 Å². The number of nitrogens with zero attached hydrogens (tertiary/aromatic N) is 4. The summed E-state index contributed by atoms with van der Waals surface area (Å²) in [5.41, 5.74) is 6.87. The lowest BCUT2D eigenvalue weighted by Crippen LogP contribution is -2.51. The Labute approximate surface area is 175 Å². The maximum atomic E-state index is 12.5. The predicted octanol–water partition coefficient (Wildman–Crippen LogP) is 1.48. The summed E-state index contributed by atoms with van der Waals surface area (Å²) in [7, 11) is 3.16. The molecule has 29 heavy (non-hydrogen) atoms. The van der Waals surface area contributed by atoms with E-state index in [-0.39, 0.29) is 24.4 Å². The summed E-state index contributed by atoms with van der Waals surface area (Å²) in [6.45, 7) is 3.21. The number of rotatable bonds is 4. The van der Waals surface area contributed by atoms with E-state index in [0.717, 1.165) is 12.8 Å². The molecule has 1 atom stereocenters. The molecule has 1 amide bonds. The van der Waals surface area contributed by atoms with E-state index < -0.39 is 0 Å². The minimum atomic E-state index is -0.276. The average molecular weight is 424 g/mol. The van der Waals surface area contributed by atoms with E-state index in [1.165, 1.54) is 0 Å². The molecule has 0 aliphatic carbocycles. The monoisotopic (exact) mass is 423 g/mol. The van der Waals surface area contributed by atoms with Crippen LogP contribution in [0.25, 0.3) is 10.9 Å². The Morgan fingerprint density at radius 1 is 1.14 bits per heavy atom. The van der Waals surface area contributed by atoms with Gasteiger partial charge in [0.1, 0.15) is 11.9 Å². The maximum absolute atomic E-state index is 12.5. The van der Waals surface area contributed by atoms with E-state index in [1.807, 2.05) is 9.80 Å². The normalized spacial score (nSPS) is 19.2. The quantitative estimate of drug-likeness (QED) is 0.788. The molecule has 4 rings (SSSR count). The molecule has 1 aromatic carbocycles. The summed E-state index contributed by atoms with van der Waals surface area (Å²) in [4.78, 5) is 25.6. The molecule has 158 valence electrons. The third kappa shape index (κ3) is 4.11. The first-order chi connectivity index (χ1) is 13.6. The van der Waals surface area contributed by atoms with Gasteiger partial charge in [0.05, 0.1) is 19.7 Å². The summed E-state index contributed by atoms with van der Waals surface area (Å²) < 4.78 is 16.2. The molecule has 0 spiro atoms. The average Bonchev–Trinajstić information content (AvgIpc) is 3.27. The first-order valence-electron chi connectivity index (χ1n) is 9.45. The van der Waals surface area contributed by atoms with Crippen LogP contribution in [0.3, 0.4) is 0 Å². The highest BCUT2D eigenvalue weighted by Gasteiger charge is 2.31. The SMILES string of the molecule is COc1cc2nc(N3CCN(C(=O)[C@H]4CCCO4)CC3)nc(N)c2cc1OC.Cl. The largest absolute Gasteiger partial charge is 0.493 e. The molecule has 2 saturated heterocycles. The van der Waals surface area contributed by atoms with E-state index in [0.29, 0.717) is 67.0 Å². The molecule has 9 nitrogen and oxygen atoms in total. The number of ether oxygens (including phenoxy) is 3. The minimum Gasteiger partial charge on any atom is -0.493 e. The fraction of sp³-hybridized carbons (Fsp3) is 0.526. The Bertz CT molecular complexity index is 883. The highest BCUT2D eigenvalue weighted by atomic mass is 35.5. The van der Waals surface area contributed by atoms with Gasteiger partial charge in [0.2, 0.25) is 5.95 Å². The van der Waals surface area contributed by atoms with Gasteiger partial charge in [-0.2, -0.15) is 4.98 Å². The van der Waals surface area contributed by atoms with E-state index in [1.54, 1.807) is 26.4 Å². The van der Waals surface area contributed by atoms with Crippen LogP contribution in [-0.2, 0) is 9.53 Å². The van der Waals surface area contributed by atoms with Gasteiger partial charge in [0.15, 0.2) is 11.5 Å². The zero-order valence-electron chi connectivity index (χ0n) is 16.6. The van der Waals surface area contributed by atoms with Gasteiger partial charge in [-0.1, -0.05) is 0 Å². The summed E-state index contributed by atoms with van der Waals surface area (Å²) in [6.07, 6.45) is 1.49. The molecule has 1 aromatic heterocycles. The van der Waals surface area contributed by atoms with Crippen molar-refractivity contribution in [2.45, 2.75) is 18.9 Å². The van der Waals surface area contributed by atoms with Gasteiger partial charge in [-0.3, -0.25) is 4.79 Å². The number of methoxy groups -OCH3 is 2. The zero-order valence-corrected chi connectivity index (χ0v) is 17.4. The second-order valence-corrected chi connectivity index (χ2v) is 6.95. The Morgan fingerprint density at radius 2 is 1.83 bits per heavy atom. The number of anilines is 2. The van der Waals surface area contributed by atoms with Crippen LogP contribution in [0.5, 0.6) is 11.5 Å². The van der Waals surface area contributed by atoms with Crippen LogP contribution in [0.2, 0.25) is 0 Å². The van der Waals surface area contributed by atoms with Crippen molar-refractivity contribution < 1.29 is 19.0 Å². The Kier molecular flexibility index (Phi) is 6.49. The summed E-state index contributed by atoms with van der Waals surface area (Å²) in [5, 5.41) is 0.716. The molecule has 0 bridgehead atoms. The van der Waals surface area contributed by atoms with Crippen LogP contribution < -0.4 is 20.1 Å². The molecule has 3 heterocycles. The number of carbonyl (C=O) groups excluding carboxylic acids is 1. The molecular weight excluding hydrogens is 398 g/mol. The molecular formula is C19H26ClN5O4. The molecule has 2 fully saturated rings. The number of hydrogen-bond donors (Lipinski definition) is 1.